The fourth-order valence-electron chi connectivity index (χ4n) is 2.40. The summed E-state index contributed by atoms with van der Waals surface area (Å²) in [6.07, 6.45) is 0. The molecule has 0 unspecified atom stereocenters. The monoisotopic (exact) mass is 309 g/mol. The Labute approximate surface area is 131 Å². The molecular weight excluding hydrogens is 282 g/mol. The van der Waals surface area contributed by atoms with Gasteiger partial charge in [-0.1, -0.05) is 6.07 Å². The highest BCUT2D eigenvalue weighted by atomic mass is 32.1. The molecule has 1 aliphatic heterocycles. The van der Waals surface area contributed by atoms with E-state index in [-0.39, 0.29) is 5.91 Å². The van der Waals surface area contributed by atoms with Gasteiger partial charge in [0, 0.05) is 43.1 Å². The topological polar surface area (TPSA) is 49.6 Å². The molecule has 0 radical (unpaired) electrons. The van der Waals surface area contributed by atoms with Crippen LogP contribution in [0.25, 0.3) is 0 Å². The lowest BCUT2D eigenvalue weighted by Gasteiger charge is -2.43. The first kappa shape index (κ1) is 16.5. The van der Waals surface area contributed by atoms with Gasteiger partial charge in [0.15, 0.2) is 0 Å². The van der Waals surface area contributed by atoms with Crippen LogP contribution in [0.2, 0.25) is 0 Å². The Balaban J connectivity index is 1.90. The number of carbonyl (C=O) groups excluding carboxylic acids is 1. The number of thiophene rings is 1. The van der Waals surface area contributed by atoms with E-state index in [9.17, 15) is 4.79 Å². The summed E-state index contributed by atoms with van der Waals surface area (Å²) in [6.45, 7) is 12.2. The van der Waals surface area contributed by atoms with Crippen molar-refractivity contribution in [3.63, 3.8) is 0 Å². The van der Waals surface area contributed by atoms with Gasteiger partial charge in [0.25, 0.3) is 0 Å². The van der Waals surface area contributed by atoms with Crippen LogP contribution in [-0.4, -0.2) is 47.4 Å². The Morgan fingerprint density at radius 3 is 2.33 bits per heavy atom. The van der Waals surface area contributed by atoms with Gasteiger partial charge in [-0.3, -0.25) is 9.69 Å². The summed E-state index contributed by atoms with van der Waals surface area (Å²) in [6, 6.07) is 4.26. The van der Waals surface area contributed by atoms with Gasteiger partial charge in [0.2, 0.25) is 5.91 Å². The molecule has 2 heterocycles. The largest absolute Gasteiger partial charge is 0.340 e. The van der Waals surface area contributed by atoms with Crippen molar-refractivity contribution in [1.82, 2.24) is 9.80 Å². The van der Waals surface area contributed by atoms with E-state index in [1.54, 1.807) is 11.3 Å². The maximum atomic E-state index is 12.7. The lowest BCUT2D eigenvalue weighted by Crippen LogP contribution is -2.59. The molecule has 21 heavy (non-hydrogen) atoms. The number of nitrogens with two attached hydrogens (primary N) is 1. The van der Waals surface area contributed by atoms with Crippen molar-refractivity contribution in [2.24, 2.45) is 11.1 Å². The number of piperazine rings is 1. The number of hydrogen-bond acceptors (Lipinski definition) is 4. The average molecular weight is 309 g/mol. The van der Waals surface area contributed by atoms with Crippen molar-refractivity contribution in [3.8, 4) is 0 Å². The first-order valence-electron chi connectivity index (χ1n) is 7.55. The standard InChI is InChI=1S/C16H27N3OS/c1-15(2,16(3,4)17)14(20)19-9-7-18(8-10-19)12-13-6-5-11-21-13/h5-6,11H,7-10,12,17H2,1-4H3. The lowest BCUT2D eigenvalue weighted by molar-refractivity contribution is -0.145. The Morgan fingerprint density at radius 2 is 1.86 bits per heavy atom. The van der Waals surface area contributed by atoms with Crippen LogP contribution in [0.4, 0.5) is 0 Å². The van der Waals surface area contributed by atoms with Crippen molar-refractivity contribution in [1.29, 1.82) is 0 Å². The number of amides is 1. The van der Waals surface area contributed by atoms with E-state index in [0.29, 0.717) is 0 Å². The van der Waals surface area contributed by atoms with E-state index in [2.05, 4.69) is 22.4 Å². The molecule has 4 nitrogen and oxygen atoms in total. The van der Waals surface area contributed by atoms with Crippen LogP contribution in [0.15, 0.2) is 17.5 Å². The smallest absolute Gasteiger partial charge is 0.230 e. The first-order chi connectivity index (χ1) is 9.72. The highest BCUT2D eigenvalue weighted by molar-refractivity contribution is 7.09. The summed E-state index contributed by atoms with van der Waals surface area (Å²) in [5, 5.41) is 2.11. The minimum absolute atomic E-state index is 0.172. The predicted octanol–water partition coefficient (Wildman–Crippen LogP) is 2.16. The molecule has 2 N–H and O–H groups in total. The maximum Gasteiger partial charge on any atom is 0.230 e. The molecule has 0 spiro atoms. The summed E-state index contributed by atoms with van der Waals surface area (Å²) in [5.74, 6) is 0.172. The lowest BCUT2D eigenvalue weighted by atomic mass is 9.74. The van der Waals surface area contributed by atoms with Gasteiger partial charge in [-0.2, -0.15) is 0 Å². The van der Waals surface area contributed by atoms with Crippen LogP contribution in [-0.2, 0) is 11.3 Å². The van der Waals surface area contributed by atoms with Gasteiger partial charge in [-0.25, -0.2) is 0 Å². The highest BCUT2D eigenvalue weighted by Gasteiger charge is 2.43. The second kappa shape index (κ2) is 6.07. The number of nitrogens with zero attached hydrogens (tertiary/aromatic N) is 2. The van der Waals surface area contributed by atoms with Crippen LogP contribution in [0.1, 0.15) is 32.6 Å². The van der Waals surface area contributed by atoms with Gasteiger partial charge in [-0.05, 0) is 39.1 Å². The van der Waals surface area contributed by atoms with E-state index in [0.717, 1.165) is 32.7 Å². The minimum Gasteiger partial charge on any atom is -0.340 e. The van der Waals surface area contributed by atoms with Crippen LogP contribution in [0.5, 0.6) is 0 Å². The molecule has 1 aromatic rings. The first-order valence-corrected chi connectivity index (χ1v) is 8.43. The van der Waals surface area contributed by atoms with Crippen molar-refractivity contribution < 1.29 is 4.79 Å². The molecule has 5 heteroatoms. The van der Waals surface area contributed by atoms with Crippen LogP contribution >= 0.6 is 11.3 Å². The van der Waals surface area contributed by atoms with Crippen LogP contribution in [0.3, 0.4) is 0 Å². The third-order valence-electron chi connectivity index (χ3n) is 4.76. The fourth-order valence-corrected chi connectivity index (χ4v) is 3.15. The van der Waals surface area contributed by atoms with Crippen LogP contribution in [0, 0.1) is 5.41 Å². The zero-order valence-electron chi connectivity index (χ0n) is 13.6. The van der Waals surface area contributed by atoms with Crippen molar-refractivity contribution in [2.75, 3.05) is 26.2 Å². The molecule has 0 aromatic carbocycles. The quantitative estimate of drug-likeness (QED) is 0.927. The summed E-state index contributed by atoms with van der Waals surface area (Å²) in [5.41, 5.74) is 5.13. The van der Waals surface area contributed by atoms with Crippen molar-refractivity contribution in [3.05, 3.63) is 22.4 Å². The fraction of sp³-hybridized carbons (Fsp3) is 0.688. The molecule has 0 saturated carbocycles. The van der Waals surface area contributed by atoms with E-state index in [1.807, 2.05) is 32.6 Å². The molecule has 1 aromatic heterocycles. The van der Waals surface area contributed by atoms with Gasteiger partial charge in [0.05, 0.1) is 5.41 Å². The summed E-state index contributed by atoms with van der Waals surface area (Å²) >= 11 is 1.79. The van der Waals surface area contributed by atoms with Crippen LogP contribution < -0.4 is 5.73 Å². The molecule has 1 amide bonds. The number of hydrogen-bond donors (Lipinski definition) is 1. The third kappa shape index (κ3) is 3.65. The second-order valence-electron chi connectivity index (χ2n) is 6.99. The molecule has 0 aliphatic carbocycles. The Morgan fingerprint density at radius 1 is 1.24 bits per heavy atom. The Bertz CT molecular complexity index is 468. The summed E-state index contributed by atoms with van der Waals surface area (Å²) in [7, 11) is 0. The SMILES string of the molecule is CC(C)(N)C(C)(C)C(=O)N1CCN(Cc2cccs2)CC1. The Hall–Kier alpha value is -0.910. The second-order valence-corrected chi connectivity index (χ2v) is 8.03. The molecule has 1 fully saturated rings. The Kier molecular flexibility index (Phi) is 4.76. The van der Waals surface area contributed by atoms with E-state index >= 15 is 0 Å². The molecule has 1 saturated heterocycles. The van der Waals surface area contributed by atoms with Gasteiger partial charge < -0.3 is 10.6 Å². The molecular formula is C16H27N3OS. The molecule has 118 valence electrons. The van der Waals surface area contributed by atoms with Crippen molar-refractivity contribution >= 4 is 17.2 Å². The molecule has 1 aliphatic rings. The zero-order valence-corrected chi connectivity index (χ0v) is 14.4. The average Bonchev–Trinajstić information content (AvgIpc) is 2.90. The third-order valence-corrected chi connectivity index (χ3v) is 5.63. The normalized spacial score (nSPS) is 18.0. The number of rotatable bonds is 4. The molecule has 0 bridgehead atoms. The molecule has 0 atom stereocenters. The van der Waals surface area contributed by atoms with E-state index < -0.39 is 11.0 Å². The highest BCUT2D eigenvalue weighted by Crippen LogP contribution is 2.31. The maximum absolute atomic E-state index is 12.7. The molecule has 2 rings (SSSR count). The number of carbonyl (C=O) groups is 1. The minimum atomic E-state index is -0.539. The summed E-state index contributed by atoms with van der Waals surface area (Å²) < 4.78 is 0. The summed E-state index contributed by atoms with van der Waals surface area (Å²) in [4.78, 5) is 18.5. The van der Waals surface area contributed by atoms with Crippen molar-refractivity contribution in [2.45, 2.75) is 39.8 Å². The van der Waals surface area contributed by atoms with Gasteiger partial charge in [-0.15, -0.1) is 11.3 Å². The zero-order chi connectivity index (χ0) is 15.7. The van der Waals surface area contributed by atoms with E-state index in [1.165, 1.54) is 4.88 Å². The van der Waals surface area contributed by atoms with Gasteiger partial charge >= 0.3 is 0 Å². The van der Waals surface area contributed by atoms with Gasteiger partial charge in [0.1, 0.15) is 0 Å². The predicted molar refractivity (Wildman–Crippen MR) is 88.2 cm³/mol. The van der Waals surface area contributed by atoms with E-state index in [4.69, 9.17) is 5.73 Å².